The van der Waals surface area contributed by atoms with Gasteiger partial charge in [-0.2, -0.15) is 18.3 Å². The number of hydrogen-bond donors (Lipinski definition) is 2. The number of rotatable bonds is 4. The lowest BCUT2D eigenvalue weighted by atomic mass is 9.83. The fourth-order valence-electron chi connectivity index (χ4n) is 3.76. The van der Waals surface area contributed by atoms with Crippen molar-refractivity contribution in [3.05, 3.63) is 77.9 Å². The fourth-order valence-corrected chi connectivity index (χ4v) is 3.76. The lowest BCUT2D eigenvalue weighted by molar-refractivity contribution is -0.142. The van der Waals surface area contributed by atoms with Crippen molar-refractivity contribution in [3.63, 3.8) is 0 Å². The smallest absolute Gasteiger partial charge is 0.381 e. The van der Waals surface area contributed by atoms with Gasteiger partial charge in [0.25, 0.3) is 0 Å². The second-order valence-electron chi connectivity index (χ2n) is 7.45. The first-order valence-electron chi connectivity index (χ1n) is 9.91. The van der Waals surface area contributed by atoms with Crippen LogP contribution in [0, 0.1) is 5.82 Å². The molecular weight excluding hydrogens is 428 g/mol. The third-order valence-corrected chi connectivity index (χ3v) is 5.40. The number of aromatic nitrogens is 2. The van der Waals surface area contributed by atoms with Crippen molar-refractivity contribution >= 4 is 11.7 Å². The molecular formula is C22H20F4N4O2. The molecule has 1 saturated heterocycles. The first-order valence-corrected chi connectivity index (χ1v) is 9.91. The maximum absolute atomic E-state index is 13.4. The number of hydrogen-bond acceptors (Lipinski definition) is 3. The molecule has 1 aliphatic rings. The highest BCUT2D eigenvalue weighted by Gasteiger charge is 2.36. The molecule has 2 N–H and O–H groups in total. The van der Waals surface area contributed by atoms with E-state index in [2.05, 4.69) is 15.7 Å². The largest absolute Gasteiger partial charge is 0.433 e. The van der Waals surface area contributed by atoms with E-state index in [-0.39, 0.29) is 11.5 Å². The Kier molecular flexibility index (Phi) is 5.88. The second kappa shape index (κ2) is 8.62. The van der Waals surface area contributed by atoms with Crippen molar-refractivity contribution in [3.8, 4) is 5.69 Å². The Morgan fingerprint density at radius 2 is 1.66 bits per heavy atom. The summed E-state index contributed by atoms with van der Waals surface area (Å²) >= 11 is 0. The lowest BCUT2D eigenvalue weighted by Crippen LogP contribution is -2.50. The van der Waals surface area contributed by atoms with Gasteiger partial charge in [0.2, 0.25) is 0 Å². The number of carbonyl (C=O) groups is 1. The van der Waals surface area contributed by atoms with E-state index in [1.165, 1.54) is 36.4 Å². The molecule has 10 heteroatoms. The third-order valence-electron chi connectivity index (χ3n) is 5.40. The van der Waals surface area contributed by atoms with E-state index in [9.17, 15) is 22.4 Å². The van der Waals surface area contributed by atoms with Crippen molar-refractivity contribution in [2.75, 3.05) is 18.5 Å². The van der Waals surface area contributed by atoms with Gasteiger partial charge in [-0.3, -0.25) is 0 Å². The van der Waals surface area contributed by atoms with E-state index in [0.29, 0.717) is 31.7 Å². The van der Waals surface area contributed by atoms with E-state index < -0.39 is 23.4 Å². The summed E-state index contributed by atoms with van der Waals surface area (Å²) in [5.74, 6) is -0.369. The molecule has 0 aliphatic carbocycles. The van der Waals surface area contributed by atoms with Crippen LogP contribution >= 0.6 is 0 Å². The number of halogens is 4. The van der Waals surface area contributed by atoms with Crippen molar-refractivity contribution in [2.24, 2.45) is 0 Å². The zero-order chi connectivity index (χ0) is 22.8. The maximum Gasteiger partial charge on any atom is 0.433 e. The molecule has 2 heterocycles. The summed E-state index contributed by atoms with van der Waals surface area (Å²) < 4.78 is 58.8. The summed E-state index contributed by atoms with van der Waals surface area (Å²) in [5.41, 5.74) is -0.233. The number of urea groups is 1. The minimum Gasteiger partial charge on any atom is -0.381 e. The third kappa shape index (κ3) is 4.59. The van der Waals surface area contributed by atoms with Crippen LogP contribution in [0.25, 0.3) is 5.69 Å². The van der Waals surface area contributed by atoms with Crippen LogP contribution in [0.3, 0.4) is 0 Å². The molecule has 0 bridgehead atoms. The Morgan fingerprint density at radius 3 is 2.28 bits per heavy atom. The molecule has 1 fully saturated rings. The van der Waals surface area contributed by atoms with Crippen LogP contribution < -0.4 is 10.6 Å². The summed E-state index contributed by atoms with van der Waals surface area (Å²) in [6.45, 7) is 0.884. The second-order valence-corrected chi connectivity index (χ2v) is 7.45. The standard InChI is InChI=1S/C22H20F4N4O2/c23-16-3-1-15(2-4-16)21(10-13-32-14-11-21)29-20(31)28-17-5-7-18(8-6-17)30-19(9-12-27-30)22(24,25)26/h1-9,12H,10-11,13-14H2,(H2,28,29,31). The van der Waals surface area contributed by atoms with Gasteiger partial charge >= 0.3 is 12.2 Å². The number of nitrogens with zero attached hydrogens (tertiary/aromatic N) is 2. The van der Waals surface area contributed by atoms with Gasteiger partial charge in [-0.1, -0.05) is 12.1 Å². The highest BCUT2D eigenvalue weighted by atomic mass is 19.4. The van der Waals surface area contributed by atoms with Gasteiger partial charge in [0.1, 0.15) is 11.5 Å². The minimum absolute atomic E-state index is 0.209. The van der Waals surface area contributed by atoms with Crippen LogP contribution in [0.4, 0.5) is 28.0 Å². The molecule has 4 rings (SSSR count). The summed E-state index contributed by atoms with van der Waals surface area (Å²) in [7, 11) is 0. The average molecular weight is 448 g/mol. The van der Waals surface area contributed by atoms with Crippen molar-refractivity contribution in [1.29, 1.82) is 0 Å². The Bertz CT molecular complexity index is 1070. The van der Waals surface area contributed by atoms with E-state index in [0.717, 1.165) is 22.5 Å². The zero-order valence-corrected chi connectivity index (χ0v) is 16.8. The highest BCUT2D eigenvalue weighted by molar-refractivity contribution is 5.90. The molecule has 32 heavy (non-hydrogen) atoms. The topological polar surface area (TPSA) is 68.2 Å². The monoisotopic (exact) mass is 448 g/mol. The normalized spacial score (nSPS) is 15.9. The summed E-state index contributed by atoms with van der Waals surface area (Å²) in [5, 5.41) is 9.39. The molecule has 6 nitrogen and oxygen atoms in total. The Labute approximate surface area is 181 Å². The number of amides is 2. The van der Waals surface area contributed by atoms with Gasteiger partial charge in [-0.15, -0.1) is 0 Å². The highest BCUT2D eigenvalue weighted by Crippen LogP contribution is 2.33. The predicted octanol–water partition coefficient (Wildman–Crippen LogP) is 4.86. The minimum atomic E-state index is -4.54. The van der Waals surface area contributed by atoms with Crippen LogP contribution in [-0.4, -0.2) is 29.0 Å². The average Bonchev–Trinajstić information content (AvgIpc) is 3.26. The SMILES string of the molecule is O=C(Nc1ccc(-n2nccc2C(F)(F)F)cc1)NC1(c2ccc(F)cc2)CCOCC1. The number of carbonyl (C=O) groups excluding carboxylic acids is 1. The zero-order valence-electron chi connectivity index (χ0n) is 16.8. The molecule has 0 atom stereocenters. The van der Waals surface area contributed by atoms with Gasteiger partial charge < -0.3 is 15.4 Å². The van der Waals surface area contributed by atoms with Gasteiger partial charge in [0.15, 0.2) is 0 Å². The Morgan fingerprint density at radius 1 is 1.00 bits per heavy atom. The van der Waals surface area contributed by atoms with Crippen LogP contribution in [0.1, 0.15) is 24.1 Å². The predicted molar refractivity (Wildman–Crippen MR) is 109 cm³/mol. The van der Waals surface area contributed by atoms with Crippen molar-refractivity contribution in [2.45, 2.75) is 24.6 Å². The first kappa shape index (κ1) is 21.8. The van der Waals surface area contributed by atoms with E-state index >= 15 is 0 Å². The van der Waals surface area contributed by atoms with E-state index in [1.54, 1.807) is 12.1 Å². The summed E-state index contributed by atoms with van der Waals surface area (Å²) in [6.07, 6.45) is -2.42. The van der Waals surface area contributed by atoms with Crippen LogP contribution in [0.15, 0.2) is 60.8 Å². The molecule has 3 aromatic rings. The van der Waals surface area contributed by atoms with Crippen LogP contribution in [0.2, 0.25) is 0 Å². The number of benzene rings is 2. The molecule has 0 radical (unpaired) electrons. The molecule has 2 amide bonds. The first-order chi connectivity index (χ1) is 15.3. The number of alkyl halides is 3. The van der Waals surface area contributed by atoms with E-state index in [4.69, 9.17) is 4.74 Å². The molecule has 0 saturated carbocycles. The molecule has 2 aromatic carbocycles. The van der Waals surface area contributed by atoms with Gasteiger partial charge in [-0.05, 0) is 60.9 Å². The molecule has 1 aromatic heterocycles. The maximum atomic E-state index is 13.4. The Hall–Kier alpha value is -3.40. The quantitative estimate of drug-likeness (QED) is 0.561. The van der Waals surface area contributed by atoms with Gasteiger partial charge in [0, 0.05) is 18.9 Å². The molecule has 0 unspecified atom stereocenters. The van der Waals surface area contributed by atoms with Gasteiger partial charge in [0.05, 0.1) is 17.4 Å². The number of nitrogens with one attached hydrogen (secondary N) is 2. The van der Waals surface area contributed by atoms with Crippen LogP contribution in [0.5, 0.6) is 0 Å². The lowest BCUT2D eigenvalue weighted by Gasteiger charge is -2.38. The molecule has 168 valence electrons. The molecule has 1 aliphatic heterocycles. The fraction of sp³-hybridized carbons (Fsp3) is 0.273. The number of anilines is 1. The molecule has 0 spiro atoms. The van der Waals surface area contributed by atoms with Gasteiger partial charge in [-0.25, -0.2) is 13.9 Å². The number of ether oxygens (including phenoxy) is 1. The summed E-state index contributed by atoms with van der Waals surface area (Å²) in [6, 6.07) is 12.2. The summed E-state index contributed by atoms with van der Waals surface area (Å²) in [4.78, 5) is 12.7. The van der Waals surface area contributed by atoms with E-state index in [1.807, 2.05) is 0 Å². The van der Waals surface area contributed by atoms with Crippen molar-refractivity contribution in [1.82, 2.24) is 15.1 Å². The Balaban J connectivity index is 1.49. The van der Waals surface area contributed by atoms with Crippen LogP contribution in [-0.2, 0) is 16.5 Å². The van der Waals surface area contributed by atoms with Crippen molar-refractivity contribution < 1.29 is 27.1 Å².